The van der Waals surface area contributed by atoms with Crippen molar-refractivity contribution < 1.29 is 17.9 Å². The molecule has 0 bridgehead atoms. The van der Waals surface area contributed by atoms with Crippen molar-refractivity contribution in [3.8, 4) is 0 Å². The smallest absolute Gasteiger partial charge is 0.257 e. The van der Waals surface area contributed by atoms with Crippen LogP contribution in [0, 0.1) is 13.8 Å². The molecule has 0 radical (unpaired) electrons. The molecule has 2 aliphatic heterocycles. The van der Waals surface area contributed by atoms with Gasteiger partial charge in [-0.15, -0.1) is 0 Å². The molecule has 7 nitrogen and oxygen atoms in total. The molecule has 4 rings (SSSR count). The number of amides is 1. The van der Waals surface area contributed by atoms with Crippen molar-refractivity contribution in [3.05, 3.63) is 53.1 Å². The average Bonchev–Trinajstić information content (AvgIpc) is 3.31. The summed E-state index contributed by atoms with van der Waals surface area (Å²) in [6.45, 7) is 7.14. The molecule has 2 saturated heterocycles. The van der Waals surface area contributed by atoms with E-state index in [4.69, 9.17) is 4.74 Å². The topological polar surface area (TPSA) is 79.0 Å². The average molecular weight is 444 g/mol. The molecule has 0 unspecified atom stereocenters. The highest BCUT2D eigenvalue weighted by Crippen LogP contribution is 2.29. The van der Waals surface area contributed by atoms with Crippen molar-refractivity contribution in [1.29, 1.82) is 0 Å². The van der Waals surface area contributed by atoms with Crippen molar-refractivity contribution in [2.45, 2.75) is 31.6 Å². The third-order valence-electron chi connectivity index (χ3n) is 6.03. The summed E-state index contributed by atoms with van der Waals surface area (Å²) in [5, 5.41) is 2.95. The van der Waals surface area contributed by atoms with Gasteiger partial charge in [0.1, 0.15) is 0 Å². The predicted octanol–water partition coefficient (Wildman–Crippen LogP) is 3.18. The molecule has 0 aliphatic carbocycles. The van der Waals surface area contributed by atoms with Crippen LogP contribution < -0.4 is 10.2 Å². The van der Waals surface area contributed by atoms with E-state index >= 15 is 0 Å². The maximum Gasteiger partial charge on any atom is 0.257 e. The van der Waals surface area contributed by atoms with Gasteiger partial charge in [-0.2, -0.15) is 4.31 Å². The summed E-state index contributed by atoms with van der Waals surface area (Å²) in [6.07, 6.45) is 2.12. The molecule has 0 atom stereocenters. The first-order chi connectivity index (χ1) is 14.9. The maximum atomic E-state index is 13.3. The Bertz CT molecular complexity index is 1070. The molecule has 1 N–H and O–H groups in total. The first-order valence-electron chi connectivity index (χ1n) is 10.7. The Kier molecular flexibility index (Phi) is 6.31. The molecule has 166 valence electrons. The molecule has 0 saturated carbocycles. The van der Waals surface area contributed by atoms with Gasteiger partial charge >= 0.3 is 0 Å². The zero-order valence-corrected chi connectivity index (χ0v) is 18.9. The number of ether oxygens (including phenoxy) is 1. The Morgan fingerprint density at radius 1 is 0.935 bits per heavy atom. The molecule has 8 heteroatoms. The van der Waals surface area contributed by atoms with Gasteiger partial charge < -0.3 is 15.0 Å². The van der Waals surface area contributed by atoms with E-state index in [1.165, 1.54) is 10.4 Å². The van der Waals surface area contributed by atoms with Gasteiger partial charge in [-0.3, -0.25) is 4.79 Å². The fraction of sp³-hybridized carbons (Fsp3) is 0.435. The summed E-state index contributed by atoms with van der Waals surface area (Å²) >= 11 is 0. The summed E-state index contributed by atoms with van der Waals surface area (Å²) < 4.78 is 33.0. The molecular weight excluding hydrogens is 414 g/mol. The van der Waals surface area contributed by atoms with Gasteiger partial charge in [-0.1, -0.05) is 6.07 Å². The maximum absolute atomic E-state index is 13.3. The summed E-state index contributed by atoms with van der Waals surface area (Å²) in [5.74, 6) is -0.302. The number of carbonyl (C=O) groups excluding carboxylic acids is 1. The lowest BCUT2D eigenvalue weighted by atomic mass is 10.1. The van der Waals surface area contributed by atoms with Crippen LogP contribution in [0.2, 0.25) is 0 Å². The number of rotatable bonds is 5. The number of sulfonamides is 1. The fourth-order valence-corrected chi connectivity index (χ4v) is 5.48. The first-order valence-corrected chi connectivity index (χ1v) is 12.2. The van der Waals surface area contributed by atoms with Crippen molar-refractivity contribution in [1.82, 2.24) is 4.31 Å². The second kappa shape index (κ2) is 8.98. The summed E-state index contributed by atoms with van der Waals surface area (Å²) in [5.41, 5.74) is 4.09. The molecule has 0 aromatic heterocycles. The predicted molar refractivity (Wildman–Crippen MR) is 121 cm³/mol. The number of nitrogens with zero attached hydrogens (tertiary/aromatic N) is 2. The molecular formula is C23H29N3O4S. The van der Waals surface area contributed by atoms with Crippen molar-refractivity contribution in [2.24, 2.45) is 0 Å². The standard InChI is InChI=1S/C23H29N3O4S/c1-17-5-6-19(15-18(17)2)24-23(27)21-16-20(7-8-22(21)25-9-3-4-10-25)31(28,29)26-11-13-30-14-12-26/h5-8,15-16H,3-4,9-14H2,1-2H3,(H,24,27). The summed E-state index contributed by atoms with van der Waals surface area (Å²) in [4.78, 5) is 15.6. The number of hydrogen-bond acceptors (Lipinski definition) is 5. The Balaban J connectivity index is 1.69. The van der Waals surface area contributed by atoms with Crippen LogP contribution in [0.4, 0.5) is 11.4 Å². The highest BCUT2D eigenvalue weighted by atomic mass is 32.2. The number of carbonyl (C=O) groups is 1. The van der Waals surface area contributed by atoms with E-state index in [9.17, 15) is 13.2 Å². The van der Waals surface area contributed by atoms with E-state index in [2.05, 4.69) is 10.2 Å². The second-order valence-corrected chi connectivity index (χ2v) is 10.1. The lowest BCUT2D eigenvalue weighted by Crippen LogP contribution is -2.40. The van der Waals surface area contributed by atoms with Gasteiger partial charge in [0, 0.05) is 37.6 Å². The van der Waals surface area contributed by atoms with Crippen LogP contribution in [-0.4, -0.2) is 58.0 Å². The van der Waals surface area contributed by atoms with Gasteiger partial charge in [0.15, 0.2) is 0 Å². The monoisotopic (exact) mass is 443 g/mol. The largest absolute Gasteiger partial charge is 0.379 e. The molecule has 2 fully saturated rings. The minimum absolute atomic E-state index is 0.141. The first kappa shape index (κ1) is 21.8. The van der Waals surface area contributed by atoms with Crippen molar-refractivity contribution in [2.75, 3.05) is 49.6 Å². The van der Waals surface area contributed by atoms with E-state index in [1.807, 2.05) is 32.0 Å². The molecule has 1 amide bonds. The number of nitrogens with one attached hydrogen (secondary N) is 1. The minimum atomic E-state index is -3.69. The minimum Gasteiger partial charge on any atom is -0.379 e. The number of hydrogen-bond donors (Lipinski definition) is 1. The summed E-state index contributed by atoms with van der Waals surface area (Å²) in [7, 11) is -3.69. The molecule has 2 aromatic carbocycles. The number of anilines is 2. The number of morpholine rings is 1. The number of aryl methyl sites for hydroxylation is 2. The van der Waals surface area contributed by atoms with Gasteiger partial charge in [0.05, 0.1) is 23.7 Å². The Morgan fingerprint density at radius 2 is 1.65 bits per heavy atom. The normalized spacial score (nSPS) is 17.7. The Labute approximate surface area is 184 Å². The van der Waals surface area contributed by atoms with Crippen LogP contribution in [0.3, 0.4) is 0 Å². The second-order valence-electron chi connectivity index (χ2n) is 8.14. The van der Waals surface area contributed by atoms with Crippen LogP contribution in [0.15, 0.2) is 41.3 Å². The Morgan fingerprint density at radius 3 is 2.32 bits per heavy atom. The third kappa shape index (κ3) is 4.61. The van der Waals surface area contributed by atoms with Crippen LogP contribution >= 0.6 is 0 Å². The van der Waals surface area contributed by atoms with E-state index in [-0.39, 0.29) is 10.8 Å². The SMILES string of the molecule is Cc1ccc(NC(=O)c2cc(S(=O)(=O)N3CCOCC3)ccc2N2CCCC2)cc1C. The molecule has 2 aliphatic rings. The van der Waals surface area contributed by atoms with E-state index < -0.39 is 10.0 Å². The van der Waals surface area contributed by atoms with Gasteiger partial charge in [0.25, 0.3) is 5.91 Å². The quantitative estimate of drug-likeness (QED) is 0.768. The van der Waals surface area contributed by atoms with Crippen molar-refractivity contribution in [3.63, 3.8) is 0 Å². The number of benzene rings is 2. The highest BCUT2D eigenvalue weighted by Gasteiger charge is 2.29. The highest BCUT2D eigenvalue weighted by molar-refractivity contribution is 7.89. The lowest BCUT2D eigenvalue weighted by Gasteiger charge is -2.27. The van der Waals surface area contributed by atoms with E-state index in [1.54, 1.807) is 12.1 Å². The zero-order chi connectivity index (χ0) is 22.0. The van der Waals surface area contributed by atoms with Crippen LogP contribution in [0.1, 0.15) is 34.3 Å². The van der Waals surface area contributed by atoms with E-state index in [0.29, 0.717) is 37.6 Å². The van der Waals surface area contributed by atoms with Crippen LogP contribution in [-0.2, 0) is 14.8 Å². The third-order valence-corrected chi connectivity index (χ3v) is 7.93. The van der Waals surface area contributed by atoms with Gasteiger partial charge in [-0.25, -0.2) is 8.42 Å². The van der Waals surface area contributed by atoms with E-state index in [0.717, 1.165) is 42.7 Å². The zero-order valence-electron chi connectivity index (χ0n) is 18.1. The van der Waals surface area contributed by atoms with Crippen LogP contribution in [0.25, 0.3) is 0 Å². The Hall–Kier alpha value is -2.42. The summed E-state index contributed by atoms with van der Waals surface area (Å²) in [6, 6.07) is 10.7. The van der Waals surface area contributed by atoms with Crippen LogP contribution in [0.5, 0.6) is 0 Å². The fourth-order valence-electron chi connectivity index (χ4n) is 4.04. The molecule has 0 spiro atoms. The molecule has 2 aromatic rings. The van der Waals surface area contributed by atoms with Gasteiger partial charge in [-0.05, 0) is 68.1 Å². The molecule has 31 heavy (non-hydrogen) atoms. The lowest BCUT2D eigenvalue weighted by molar-refractivity contribution is 0.0730. The molecule has 2 heterocycles. The van der Waals surface area contributed by atoms with Crippen molar-refractivity contribution >= 4 is 27.3 Å². The van der Waals surface area contributed by atoms with Gasteiger partial charge in [0.2, 0.25) is 10.0 Å².